The smallest absolute Gasteiger partial charge is 0.0965 e. The fraction of sp³-hybridized carbons (Fsp3) is 0.357. The van der Waals surface area contributed by atoms with Gasteiger partial charge in [-0.2, -0.15) is 5.26 Å². The molecule has 0 saturated carbocycles. The van der Waals surface area contributed by atoms with Gasteiger partial charge >= 0.3 is 0 Å². The molecule has 1 heterocycles. The zero-order valence-electron chi connectivity index (χ0n) is 9.56. The number of hydrogen-bond donors (Lipinski definition) is 0. The standard InChI is InChI=1S/C14H16N2/c1-16-8-7-13(14(10-15)11-16)9-12-5-3-2-4-6-12/h2-6,11,13H,7-9H2,1H3. The molecule has 2 rings (SSSR count). The normalized spacial score (nSPS) is 20.1. The predicted octanol–water partition coefficient (Wildman–Crippen LogP) is 2.59. The van der Waals surface area contributed by atoms with E-state index in [1.165, 1.54) is 5.56 Å². The fourth-order valence-corrected chi connectivity index (χ4v) is 2.15. The quantitative estimate of drug-likeness (QED) is 0.753. The molecule has 1 aromatic rings. The molecular formula is C14H16N2. The molecule has 1 atom stereocenters. The second-order valence-electron chi connectivity index (χ2n) is 4.35. The van der Waals surface area contributed by atoms with Crippen molar-refractivity contribution in [2.24, 2.45) is 5.92 Å². The van der Waals surface area contributed by atoms with E-state index in [0.29, 0.717) is 5.92 Å². The molecule has 1 aliphatic heterocycles. The Hall–Kier alpha value is -1.75. The number of rotatable bonds is 2. The van der Waals surface area contributed by atoms with Gasteiger partial charge in [-0.25, -0.2) is 0 Å². The maximum Gasteiger partial charge on any atom is 0.0965 e. The van der Waals surface area contributed by atoms with E-state index in [1.54, 1.807) is 0 Å². The molecule has 1 unspecified atom stereocenters. The van der Waals surface area contributed by atoms with Crippen LogP contribution in [0.4, 0.5) is 0 Å². The Morgan fingerprint density at radius 1 is 1.38 bits per heavy atom. The van der Waals surface area contributed by atoms with Crippen molar-refractivity contribution in [3.8, 4) is 6.07 Å². The van der Waals surface area contributed by atoms with Crippen molar-refractivity contribution in [2.75, 3.05) is 13.6 Å². The van der Waals surface area contributed by atoms with Crippen molar-refractivity contribution >= 4 is 0 Å². The third kappa shape index (κ3) is 2.43. The summed E-state index contributed by atoms with van der Waals surface area (Å²) in [4.78, 5) is 2.10. The number of allylic oxidation sites excluding steroid dienone is 1. The van der Waals surface area contributed by atoms with Gasteiger partial charge in [-0.1, -0.05) is 30.3 Å². The van der Waals surface area contributed by atoms with Crippen LogP contribution in [-0.2, 0) is 6.42 Å². The van der Waals surface area contributed by atoms with Gasteiger partial charge in [0.15, 0.2) is 0 Å². The van der Waals surface area contributed by atoms with Crippen LogP contribution < -0.4 is 0 Å². The van der Waals surface area contributed by atoms with Crippen LogP contribution >= 0.6 is 0 Å². The van der Waals surface area contributed by atoms with Gasteiger partial charge in [0.25, 0.3) is 0 Å². The predicted molar refractivity (Wildman–Crippen MR) is 64.6 cm³/mol. The third-order valence-electron chi connectivity index (χ3n) is 3.08. The maximum atomic E-state index is 9.11. The van der Waals surface area contributed by atoms with Crippen LogP contribution in [0.15, 0.2) is 42.1 Å². The van der Waals surface area contributed by atoms with Gasteiger partial charge < -0.3 is 4.90 Å². The molecule has 0 fully saturated rings. The molecule has 1 aliphatic rings. The lowest BCUT2D eigenvalue weighted by molar-refractivity contribution is 0.366. The highest BCUT2D eigenvalue weighted by atomic mass is 15.1. The molecule has 0 radical (unpaired) electrons. The van der Waals surface area contributed by atoms with Crippen molar-refractivity contribution in [1.29, 1.82) is 5.26 Å². The van der Waals surface area contributed by atoms with Crippen LogP contribution in [0, 0.1) is 17.2 Å². The first-order valence-electron chi connectivity index (χ1n) is 5.65. The van der Waals surface area contributed by atoms with Gasteiger partial charge in [0.05, 0.1) is 6.07 Å². The molecule has 0 amide bonds. The number of nitriles is 1. The average molecular weight is 212 g/mol. The Balaban J connectivity index is 2.11. The van der Waals surface area contributed by atoms with Gasteiger partial charge in [-0.3, -0.25) is 0 Å². The molecule has 0 aliphatic carbocycles. The van der Waals surface area contributed by atoms with Crippen molar-refractivity contribution in [1.82, 2.24) is 4.90 Å². The zero-order chi connectivity index (χ0) is 11.4. The van der Waals surface area contributed by atoms with Gasteiger partial charge in [0.1, 0.15) is 0 Å². The van der Waals surface area contributed by atoms with Crippen LogP contribution in [-0.4, -0.2) is 18.5 Å². The summed E-state index contributed by atoms with van der Waals surface area (Å²) in [7, 11) is 2.02. The summed E-state index contributed by atoms with van der Waals surface area (Å²) in [6, 6.07) is 12.7. The summed E-state index contributed by atoms with van der Waals surface area (Å²) in [5, 5.41) is 9.11. The van der Waals surface area contributed by atoms with Crippen molar-refractivity contribution < 1.29 is 0 Å². The summed E-state index contributed by atoms with van der Waals surface area (Å²) >= 11 is 0. The molecule has 1 aromatic carbocycles. The van der Waals surface area contributed by atoms with Gasteiger partial charge in [-0.15, -0.1) is 0 Å². The summed E-state index contributed by atoms with van der Waals surface area (Å²) in [5.41, 5.74) is 2.23. The van der Waals surface area contributed by atoms with Gasteiger partial charge in [-0.05, 0) is 18.4 Å². The molecule has 2 heteroatoms. The van der Waals surface area contributed by atoms with E-state index in [9.17, 15) is 0 Å². The van der Waals surface area contributed by atoms with Crippen LogP contribution in [0.5, 0.6) is 0 Å². The molecule has 0 bridgehead atoms. The first kappa shape index (κ1) is 10.8. The van der Waals surface area contributed by atoms with Crippen molar-refractivity contribution in [2.45, 2.75) is 12.8 Å². The third-order valence-corrected chi connectivity index (χ3v) is 3.08. The SMILES string of the molecule is CN1C=C(C#N)C(Cc2ccccc2)CC1. The van der Waals surface area contributed by atoms with E-state index < -0.39 is 0 Å². The Morgan fingerprint density at radius 2 is 2.12 bits per heavy atom. The first-order valence-corrected chi connectivity index (χ1v) is 5.65. The highest BCUT2D eigenvalue weighted by molar-refractivity contribution is 5.28. The summed E-state index contributed by atoms with van der Waals surface area (Å²) in [6.07, 6.45) is 4.04. The second-order valence-corrected chi connectivity index (χ2v) is 4.35. The minimum atomic E-state index is 0.392. The van der Waals surface area contributed by atoms with E-state index in [-0.39, 0.29) is 0 Å². The lowest BCUT2D eigenvalue weighted by atomic mass is 9.88. The molecule has 82 valence electrons. The number of benzene rings is 1. The molecule has 0 aromatic heterocycles. The lowest BCUT2D eigenvalue weighted by Gasteiger charge is -2.26. The van der Waals surface area contributed by atoms with E-state index in [2.05, 4.69) is 35.2 Å². The molecular weight excluding hydrogens is 196 g/mol. The highest BCUT2D eigenvalue weighted by Gasteiger charge is 2.19. The average Bonchev–Trinajstić information content (AvgIpc) is 2.33. The Kier molecular flexibility index (Phi) is 3.26. The highest BCUT2D eigenvalue weighted by Crippen LogP contribution is 2.24. The Morgan fingerprint density at radius 3 is 2.81 bits per heavy atom. The summed E-state index contributed by atoms with van der Waals surface area (Å²) in [6.45, 7) is 1.04. The molecule has 0 saturated heterocycles. The van der Waals surface area contributed by atoms with Crippen LogP contribution in [0.2, 0.25) is 0 Å². The molecule has 2 nitrogen and oxygen atoms in total. The van der Waals surface area contributed by atoms with Crippen LogP contribution in [0.25, 0.3) is 0 Å². The largest absolute Gasteiger partial charge is 0.380 e. The molecule has 0 N–H and O–H groups in total. The zero-order valence-corrected chi connectivity index (χ0v) is 9.56. The topological polar surface area (TPSA) is 27.0 Å². The monoisotopic (exact) mass is 212 g/mol. The fourth-order valence-electron chi connectivity index (χ4n) is 2.15. The van der Waals surface area contributed by atoms with Gasteiger partial charge in [0.2, 0.25) is 0 Å². The summed E-state index contributed by atoms with van der Waals surface area (Å²) in [5.74, 6) is 0.392. The van der Waals surface area contributed by atoms with Gasteiger partial charge in [0, 0.05) is 31.3 Å². The van der Waals surface area contributed by atoms with E-state index in [1.807, 2.05) is 19.3 Å². The van der Waals surface area contributed by atoms with Crippen LogP contribution in [0.1, 0.15) is 12.0 Å². The molecule has 0 spiro atoms. The van der Waals surface area contributed by atoms with E-state index in [4.69, 9.17) is 5.26 Å². The lowest BCUT2D eigenvalue weighted by Crippen LogP contribution is -2.24. The summed E-state index contributed by atoms with van der Waals surface area (Å²) < 4.78 is 0. The number of hydrogen-bond acceptors (Lipinski definition) is 2. The van der Waals surface area contributed by atoms with E-state index in [0.717, 1.165) is 25.0 Å². The Labute approximate surface area is 96.8 Å². The minimum absolute atomic E-state index is 0.392. The maximum absolute atomic E-state index is 9.11. The second kappa shape index (κ2) is 4.85. The van der Waals surface area contributed by atoms with E-state index >= 15 is 0 Å². The van der Waals surface area contributed by atoms with Crippen molar-refractivity contribution in [3.05, 3.63) is 47.7 Å². The first-order chi connectivity index (χ1) is 7.79. The Bertz CT molecular complexity index is 414. The molecule has 16 heavy (non-hydrogen) atoms. The number of nitrogens with zero attached hydrogens (tertiary/aromatic N) is 2. The van der Waals surface area contributed by atoms with Crippen molar-refractivity contribution in [3.63, 3.8) is 0 Å². The minimum Gasteiger partial charge on any atom is -0.380 e. The van der Waals surface area contributed by atoms with Crippen LogP contribution in [0.3, 0.4) is 0 Å².